The van der Waals surface area contributed by atoms with Gasteiger partial charge in [0.2, 0.25) is 10.0 Å². The zero-order valence-electron chi connectivity index (χ0n) is 10.5. The second-order valence-corrected chi connectivity index (χ2v) is 7.39. The first kappa shape index (κ1) is 13.7. The van der Waals surface area contributed by atoms with E-state index < -0.39 is 15.8 Å². The van der Waals surface area contributed by atoms with Gasteiger partial charge in [-0.1, -0.05) is 0 Å². The molecular weight excluding hydrogens is 299 g/mol. The van der Waals surface area contributed by atoms with Gasteiger partial charge >= 0.3 is 0 Å². The fourth-order valence-corrected chi connectivity index (χ4v) is 3.78. The molecule has 0 unspecified atom stereocenters. The van der Waals surface area contributed by atoms with Crippen molar-refractivity contribution in [1.82, 2.24) is 9.71 Å². The Labute approximate surface area is 120 Å². The van der Waals surface area contributed by atoms with E-state index >= 15 is 0 Å². The molecule has 0 spiro atoms. The van der Waals surface area contributed by atoms with Gasteiger partial charge in [0.1, 0.15) is 5.82 Å². The van der Waals surface area contributed by atoms with Gasteiger partial charge in [-0.15, -0.1) is 11.3 Å². The summed E-state index contributed by atoms with van der Waals surface area (Å²) >= 11 is 1.57. The number of halogens is 1. The fraction of sp³-hybridized carbons (Fsp3) is 0.308. The normalized spacial score (nSPS) is 15.4. The van der Waals surface area contributed by atoms with Gasteiger partial charge < -0.3 is 0 Å². The molecule has 20 heavy (non-hydrogen) atoms. The van der Waals surface area contributed by atoms with E-state index in [9.17, 15) is 12.8 Å². The summed E-state index contributed by atoms with van der Waals surface area (Å²) in [5.74, 6) is 0.111. The van der Waals surface area contributed by atoms with Gasteiger partial charge in [0, 0.05) is 11.3 Å². The zero-order valence-corrected chi connectivity index (χ0v) is 12.2. The van der Waals surface area contributed by atoms with Crippen LogP contribution in [0.15, 0.2) is 34.5 Å². The second-order valence-electron chi connectivity index (χ2n) is 4.73. The predicted octanol–water partition coefficient (Wildman–Crippen LogP) is 2.64. The summed E-state index contributed by atoms with van der Waals surface area (Å²) in [6, 6.07) is 4.74. The first-order valence-corrected chi connectivity index (χ1v) is 8.60. The van der Waals surface area contributed by atoms with Crippen molar-refractivity contribution in [1.29, 1.82) is 0 Å². The Morgan fingerprint density at radius 2 is 2.00 bits per heavy atom. The lowest BCUT2D eigenvalue weighted by atomic mass is 10.4. The lowest BCUT2D eigenvalue weighted by Crippen LogP contribution is -2.23. The molecule has 0 saturated heterocycles. The molecule has 1 aliphatic carbocycles. The number of aromatic nitrogens is 1. The van der Waals surface area contributed by atoms with Crippen molar-refractivity contribution in [3.05, 3.63) is 46.2 Å². The van der Waals surface area contributed by atoms with Crippen LogP contribution >= 0.6 is 11.3 Å². The quantitative estimate of drug-likeness (QED) is 0.923. The fourth-order valence-electron chi connectivity index (χ4n) is 1.79. The SMILES string of the molecule is O=S(=O)(NCc1csc(C2CC2)n1)c1ccc(F)cc1. The van der Waals surface area contributed by atoms with E-state index in [1.165, 1.54) is 25.0 Å². The minimum Gasteiger partial charge on any atom is -0.245 e. The molecule has 1 fully saturated rings. The van der Waals surface area contributed by atoms with Gasteiger partial charge in [-0.3, -0.25) is 0 Å². The van der Waals surface area contributed by atoms with E-state index in [-0.39, 0.29) is 11.4 Å². The van der Waals surface area contributed by atoms with Crippen molar-refractivity contribution in [2.75, 3.05) is 0 Å². The highest BCUT2D eigenvalue weighted by Gasteiger charge is 2.26. The number of sulfonamides is 1. The molecule has 3 rings (SSSR count). The van der Waals surface area contributed by atoms with E-state index in [4.69, 9.17) is 0 Å². The van der Waals surface area contributed by atoms with Crippen LogP contribution in [-0.4, -0.2) is 13.4 Å². The Morgan fingerprint density at radius 1 is 1.30 bits per heavy atom. The molecule has 0 bridgehead atoms. The van der Waals surface area contributed by atoms with E-state index in [0.717, 1.165) is 22.8 Å². The molecule has 106 valence electrons. The molecule has 1 aromatic heterocycles. The van der Waals surface area contributed by atoms with Crippen LogP contribution in [0.25, 0.3) is 0 Å². The van der Waals surface area contributed by atoms with Crippen molar-refractivity contribution in [3.63, 3.8) is 0 Å². The molecule has 0 atom stereocenters. The highest BCUT2D eigenvalue weighted by molar-refractivity contribution is 7.89. The van der Waals surface area contributed by atoms with Crippen LogP contribution in [0.4, 0.5) is 4.39 Å². The molecule has 7 heteroatoms. The lowest BCUT2D eigenvalue weighted by molar-refractivity contribution is 0.579. The Bertz CT molecular complexity index is 706. The van der Waals surface area contributed by atoms with Gasteiger partial charge in [-0.2, -0.15) is 0 Å². The maximum Gasteiger partial charge on any atom is 0.240 e. The van der Waals surface area contributed by atoms with Crippen molar-refractivity contribution in [3.8, 4) is 0 Å². The number of nitrogens with one attached hydrogen (secondary N) is 1. The third kappa shape index (κ3) is 3.05. The second kappa shape index (κ2) is 5.23. The zero-order chi connectivity index (χ0) is 14.2. The van der Waals surface area contributed by atoms with Crippen LogP contribution in [-0.2, 0) is 16.6 Å². The van der Waals surface area contributed by atoms with Crippen LogP contribution < -0.4 is 4.72 Å². The van der Waals surface area contributed by atoms with E-state index in [1.807, 2.05) is 5.38 Å². The average molecular weight is 312 g/mol. The maximum atomic E-state index is 12.8. The van der Waals surface area contributed by atoms with Crippen LogP contribution in [0.2, 0.25) is 0 Å². The van der Waals surface area contributed by atoms with Gasteiger partial charge in [0.25, 0.3) is 0 Å². The van der Waals surface area contributed by atoms with Crippen LogP contribution in [0.1, 0.15) is 29.5 Å². The minimum absolute atomic E-state index is 0.0524. The summed E-state index contributed by atoms with van der Waals surface area (Å²) in [5, 5.41) is 2.96. The summed E-state index contributed by atoms with van der Waals surface area (Å²) in [6.07, 6.45) is 2.35. The summed E-state index contributed by atoms with van der Waals surface area (Å²) in [4.78, 5) is 4.47. The molecule has 1 N–H and O–H groups in total. The number of hydrogen-bond acceptors (Lipinski definition) is 4. The third-order valence-electron chi connectivity index (χ3n) is 3.06. The Hall–Kier alpha value is -1.31. The number of nitrogens with zero attached hydrogens (tertiary/aromatic N) is 1. The van der Waals surface area contributed by atoms with Crippen molar-refractivity contribution in [2.45, 2.75) is 30.2 Å². The van der Waals surface area contributed by atoms with Gasteiger partial charge in [0.05, 0.1) is 22.1 Å². The number of hydrogen-bond donors (Lipinski definition) is 1. The highest BCUT2D eigenvalue weighted by Crippen LogP contribution is 2.41. The molecular formula is C13H13FN2O2S2. The standard InChI is InChI=1S/C13H13FN2O2S2/c14-10-3-5-12(6-4-10)20(17,18)15-7-11-8-19-13(16-11)9-1-2-9/h3-6,8-9,15H,1-2,7H2. The number of rotatable bonds is 5. The molecule has 1 heterocycles. The Kier molecular flexibility index (Phi) is 3.57. The lowest BCUT2D eigenvalue weighted by Gasteiger charge is -2.05. The first-order chi connectivity index (χ1) is 9.54. The molecule has 4 nitrogen and oxygen atoms in total. The highest BCUT2D eigenvalue weighted by atomic mass is 32.2. The Balaban J connectivity index is 1.68. The molecule has 0 amide bonds. The van der Waals surface area contributed by atoms with Crippen molar-refractivity contribution >= 4 is 21.4 Å². The monoisotopic (exact) mass is 312 g/mol. The average Bonchev–Trinajstić information content (AvgIpc) is 3.16. The number of benzene rings is 1. The van der Waals surface area contributed by atoms with Crippen LogP contribution in [0.3, 0.4) is 0 Å². The van der Waals surface area contributed by atoms with Crippen LogP contribution in [0.5, 0.6) is 0 Å². The summed E-state index contributed by atoms with van der Waals surface area (Å²) in [5.41, 5.74) is 0.725. The topological polar surface area (TPSA) is 59.1 Å². The first-order valence-electron chi connectivity index (χ1n) is 6.24. The van der Waals surface area contributed by atoms with Gasteiger partial charge in [-0.25, -0.2) is 22.5 Å². The van der Waals surface area contributed by atoms with E-state index in [1.54, 1.807) is 11.3 Å². The van der Waals surface area contributed by atoms with Gasteiger partial charge in [-0.05, 0) is 37.1 Å². The molecule has 0 radical (unpaired) electrons. The smallest absolute Gasteiger partial charge is 0.240 e. The minimum atomic E-state index is -3.62. The summed E-state index contributed by atoms with van der Waals surface area (Å²) < 4.78 is 39.3. The third-order valence-corrected chi connectivity index (χ3v) is 5.54. The Morgan fingerprint density at radius 3 is 2.65 bits per heavy atom. The predicted molar refractivity (Wildman–Crippen MR) is 74.5 cm³/mol. The van der Waals surface area contributed by atoms with E-state index in [2.05, 4.69) is 9.71 Å². The van der Waals surface area contributed by atoms with Crippen LogP contribution in [0, 0.1) is 5.82 Å². The number of thiazole rings is 1. The summed E-state index contributed by atoms with van der Waals surface area (Å²) in [6.45, 7) is 0.156. The van der Waals surface area contributed by atoms with Crippen molar-refractivity contribution in [2.24, 2.45) is 0 Å². The molecule has 2 aromatic rings. The molecule has 1 aliphatic rings. The van der Waals surface area contributed by atoms with E-state index in [0.29, 0.717) is 5.92 Å². The largest absolute Gasteiger partial charge is 0.245 e. The van der Waals surface area contributed by atoms with Crippen molar-refractivity contribution < 1.29 is 12.8 Å². The summed E-state index contributed by atoms with van der Waals surface area (Å²) in [7, 11) is -3.62. The maximum absolute atomic E-state index is 12.8. The molecule has 1 aromatic carbocycles. The molecule has 1 saturated carbocycles. The molecule has 0 aliphatic heterocycles. The van der Waals surface area contributed by atoms with Gasteiger partial charge in [0.15, 0.2) is 0 Å².